The molecule has 0 fully saturated rings. The van der Waals surface area contributed by atoms with Crippen molar-refractivity contribution >= 4 is 29.3 Å². The number of benzene rings is 1. The Labute approximate surface area is 217 Å². The van der Waals surface area contributed by atoms with Crippen LogP contribution in [0.1, 0.15) is 64.4 Å². The second kappa shape index (κ2) is 13.8. The summed E-state index contributed by atoms with van der Waals surface area (Å²) in [5.41, 5.74) is -0.0866. The van der Waals surface area contributed by atoms with Crippen LogP contribution in [0.4, 0.5) is 0 Å². The topological polar surface area (TPSA) is 101 Å². The summed E-state index contributed by atoms with van der Waals surface area (Å²) in [6.07, 6.45) is 1.87. The predicted octanol–water partition coefficient (Wildman–Crippen LogP) is 5.69. The molecule has 0 aliphatic heterocycles. The lowest BCUT2D eigenvalue weighted by Gasteiger charge is -2.31. The Morgan fingerprint density at radius 1 is 1.08 bits per heavy atom. The van der Waals surface area contributed by atoms with Gasteiger partial charge in [0, 0.05) is 30.6 Å². The van der Waals surface area contributed by atoms with Crippen LogP contribution in [0.25, 0.3) is 0 Å². The van der Waals surface area contributed by atoms with Crippen LogP contribution in [0.5, 0.6) is 17.2 Å². The normalized spacial score (nSPS) is 13.4. The van der Waals surface area contributed by atoms with Crippen molar-refractivity contribution in [2.75, 3.05) is 7.11 Å². The zero-order valence-electron chi connectivity index (χ0n) is 21.6. The number of aromatic nitrogens is 1. The van der Waals surface area contributed by atoms with E-state index < -0.39 is 35.8 Å². The molecule has 2 rings (SSSR count). The Kier molecular flexibility index (Phi) is 11.2. The van der Waals surface area contributed by atoms with Crippen LogP contribution in [0.2, 0.25) is 5.02 Å². The average Bonchev–Trinajstić information content (AvgIpc) is 2.83. The van der Waals surface area contributed by atoms with Gasteiger partial charge in [0.2, 0.25) is 5.75 Å². The minimum Gasteiger partial charge on any atom is -0.493 e. The first-order valence-corrected chi connectivity index (χ1v) is 12.4. The summed E-state index contributed by atoms with van der Waals surface area (Å²) in [4.78, 5) is 41.5. The molecule has 0 aliphatic carbocycles. The quantitative estimate of drug-likeness (QED) is 0.245. The molecule has 2 aromatic rings. The van der Waals surface area contributed by atoms with Crippen molar-refractivity contribution in [1.29, 1.82) is 0 Å². The first kappa shape index (κ1) is 29.1. The zero-order valence-corrected chi connectivity index (χ0v) is 22.3. The van der Waals surface area contributed by atoms with Crippen molar-refractivity contribution in [2.24, 2.45) is 11.8 Å². The zero-order chi connectivity index (χ0) is 26.8. The number of ether oxygens (including phenoxy) is 4. The highest BCUT2D eigenvalue weighted by atomic mass is 35.5. The van der Waals surface area contributed by atoms with Crippen molar-refractivity contribution in [3.63, 3.8) is 0 Å². The number of ketones is 1. The second-order valence-electron chi connectivity index (χ2n) is 8.57. The van der Waals surface area contributed by atoms with E-state index in [0.29, 0.717) is 10.8 Å². The number of hydrogen-bond donors (Lipinski definition) is 0. The molecule has 8 nitrogen and oxygen atoms in total. The summed E-state index contributed by atoms with van der Waals surface area (Å²) in [7, 11) is 1.39. The van der Waals surface area contributed by atoms with Crippen molar-refractivity contribution in [1.82, 2.24) is 4.98 Å². The van der Waals surface area contributed by atoms with Crippen LogP contribution in [0.3, 0.4) is 0 Å². The standard InChI is InChI=1S/C27H34ClNO7/c1-7-19(8-2)25(36-21-11-9-10-20(28)15-21)17(4)34-27(32)16(3)14-22(31)24-26(35-18(5)30)23(33-6)12-13-29-24/h9-13,15-17,19,25H,7-8,14H2,1-6H3/t16-,17+,25+/m1/s1. The number of carbonyl (C=O) groups excluding carboxylic acids is 3. The van der Waals surface area contributed by atoms with Gasteiger partial charge in [-0.1, -0.05) is 38.4 Å². The molecule has 0 amide bonds. The average molecular weight is 520 g/mol. The highest BCUT2D eigenvalue weighted by molar-refractivity contribution is 6.30. The van der Waals surface area contributed by atoms with Gasteiger partial charge in [0.15, 0.2) is 17.2 Å². The first-order chi connectivity index (χ1) is 17.1. The first-order valence-electron chi connectivity index (χ1n) is 12.0. The van der Waals surface area contributed by atoms with E-state index in [4.69, 9.17) is 30.5 Å². The van der Waals surface area contributed by atoms with Crippen molar-refractivity contribution in [3.8, 4) is 17.2 Å². The molecule has 0 unspecified atom stereocenters. The Hall–Kier alpha value is -3.13. The molecule has 0 radical (unpaired) electrons. The number of esters is 2. The summed E-state index contributed by atoms with van der Waals surface area (Å²) < 4.78 is 22.3. The molecule has 3 atom stereocenters. The van der Waals surface area contributed by atoms with E-state index in [-0.39, 0.29) is 29.5 Å². The number of nitrogens with zero attached hydrogens (tertiary/aromatic N) is 1. The fourth-order valence-corrected chi connectivity index (χ4v) is 4.06. The Morgan fingerprint density at radius 3 is 2.36 bits per heavy atom. The molecule has 0 aliphatic rings. The maximum Gasteiger partial charge on any atom is 0.309 e. The van der Waals surface area contributed by atoms with Crippen LogP contribution < -0.4 is 14.2 Å². The van der Waals surface area contributed by atoms with Gasteiger partial charge in [-0.3, -0.25) is 14.4 Å². The van der Waals surface area contributed by atoms with E-state index in [9.17, 15) is 14.4 Å². The van der Waals surface area contributed by atoms with Crippen molar-refractivity contribution < 1.29 is 33.3 Å². The van der Waals surface area contributed by atoms with Crippen LogP contribution in [-0.4, -0.2) is 42.0 Å². The van der Waals surface area contributed by atoms with Gasteiger partial charge >= 0.3 is 11.9 Å². The minimum absolute atomic E-state index is 0.0739. The molecule has 1 aromatic heterocycles. The van der Waals surface area contributed by atoms with Crippen LogP contribution in [-0.2, 0) is 14.3 Å². The van der Waals surface area contributed by atoms with Gasteiger partial charge in [0.05, 0.1) is 13.0 Å². The van der Waals surface area contributed by atoms with Gasteiger partial charge in [-0.15, -0.1) is 0 Å². The molecule has 9 heteroatoms. The van der Waals surface area contributed by atoms with E-state index in [2.05, 4.69) is 18.8 Å². The van der Waals surface area contributed by atoms with Gasteiger partial charge in [-0.05, 0) is 43.9 Å². The van der Waals surface area contributed by atoms with E-state index in [1.807, 2.05) is 0 Å². The molecule has 0 N–H and O–H groups in total. The molecule has 0 spiro atoms. The third kappa shape index (κ3) is 7.95. The smallest absolute Gasteiger partial charge is 0.309 e. The van der Waals surface area contributed by atoms with Gasteiger partial charge in [0.25, 0.3) is 0 Å². The number of pyridine rings is 1. The fraction of sp³-hybridized carbons (Fsp3) is 0.481. The number of rotatable bonds is 13. The van der Waals surface area contributed by atoms with Gasteiger partial charge < -0.3 is 18.9 Å². The second-order valence-corrected chi connectivity index (χ2v) is 9.01. The number of methoxy groups -OCH3 is 1. The van der Waals surface area contributed by atoms with Crippen LogP contribution in [0.15, 0.2) is 36.5 Å². The van der Waals surface area contributed by atoms with Gasteiger partial charge in [-0.25, -0.2) is 4.98 Å². The number of carbonyl (C=O) groups is 3. The summed E-state index contributed by atoms with van der Waals surface area (Å²) in [5, 5.41) is 0.548. The highest BCUT2D eigenvalue weighted by Crippen LogP contribution is 2.31. The van der Waals surface area contributed by atoms with Crippen molar-refractivity contribution in [3.05, 3.63) is 47.2 Å². The molecular formula is C27H34ClNO7. The van der Waals surface area contributed by atoms with E-state index >= 15 is 0 Å². The number of Topliss-reactive ketones (excluding diaryl/α,β-unsaturated/α-hetero) is 1. The van der Waals surface area contributed by atoms with Crippen LogP contribution >= 0.6 is 11.6 Å². The third-order valence-electron chi connectivity index (χ3n) is 5.84. The summed E-state index contributed by atoms with van der Waals surface area (Å²) in [6.45, 7) is 8.70. The summed E-state index contributed by atoms with van der Waals surface area (Å²) >= 11 is 6.10. The summed E-state index contributed by atoms with van der Waals surface area (Å²) in [5.74, 6) is -1.57. The molecular weight excluding hydrogens is 486 g/mol. The van der Waals surface area contributed by atoms with Gasteiger partial charge in [0.1, 0.15) is 18.0 Å². The molecule has 0 saturated heterocycles. The Bertz CT molecular complexity index is 1050. The van der Waals surface area contributed by atoms with E-state index in [1.54, 1.807) is 38.1 Å². The molecule has 1 aromatic carbocycles. The van der Waals surface area contributed by atoms with E-state index in [0.717, 1.165) is 12.8 Å². The molecule has 0 saturated carbocycles. The number of hydrogen-bond acceptors (Lipinski definition) is 8. The molecule has 0 bridgehead atoms. The minimum atomic E-state index is -0.772. The summed E-state index contributed by atoms with van der Waals surface area (Å²) in [6, 6.07) is 8.55. The third-order valence-corrected chi connectivity index (χ3v) is 6.07. The molecule has 1 heterocycles. The maximum atomic E-state index is 13.0. The SMILES string of the molecule is CCC(CC)[C@@H](Oc1cccc(Cl)c1)[C@H](C)OC(=O)[C@H](C)CC(=O)c1nccc(OC)c1OC(C)=O. The molecule has 36 heavy (non-hydrogen) atoms. The Balaban J connectivity index is 2.14. The Morgan fingerprint density at radius 2 is 1.78 bits per heavy atom. The predicted molar refractivity (Wildman–Crippen MR) is 136 cm³/mol. The van der Waals surface area contributed by atoms with Crippen LogP contribution in [0, 0.1) is 11.8 Å². The van der Waals surface area contributed by atoms with Gasteiger partial charge in [-0.2, -0.15) is 0 Å². The highest BCUT2D eigenvalue weighted by Gasteiger charge is 2.32. The number of halogens is 1. The lowest BCUT2D eigenvalue weighted by atomic mass is 9.92. The lowest BCUT2D eigenvalue weighted by Crippen LogP contribution is -2.40. The fourth-order valence-electron chi connectivity index (χ4n) is 3.88. The molecule has 196 valence electrons. The maximum absolute atomic E-state index is 13.0. The van der Waals surface area contributed by atoms with Crippen molar-refractivity contribution in [2.45, 2.75) is 66.1 Å². The van der Waals surface area contributed by atoms with E-state index in [1.165, 1.54) is 26.3 Å². The lowest BCUT2D eigenvalue weighted by molar-refractivity contribution is -0.158. The monoisotopic (exact) mass is 519 g/mol. The largest absolute Gasteiger partial charge is 0.493 e.